The summed E-state index contributed by atoms with van der Waals surface area (Å²) in [6.45, 7) is 0. The third-order valence-corrected chi connectivity index (χ3v) is 19.9. The van der Waals surface area contributed by atoms with Crippen molar-refractivity contribution in [3.05, 3.63) is 182 Å². The Labute approximate surface area is 411 Å². The van der Waals surface area contributed by atoms with Gasteiger partial charge < -0.3 is 0 Å². The zero-order chi connectivity index (χ0) is 45.1. The van der Waals surface area contributed by atoms with Gasteiger partial charge in [-0.2, -0.15) is 0 Å². The molecule has 322 valence electrons. The van der Waals surface area contributed by atoms with Crippen LogP contribution in [-0.2, 0) is 0 Å². The summed E-state index contributed by atoms with van der Waals surface area (Å²) in [5.41, 5.74) is 11.1. The fourth-order valence-corrected chi connectivity index (χ4v) is 17.1. The van der Waals surface area contributed by atoms with Crippen LogP contribution in [0.3, 0.4) is 0 Å². The Morgan fingerprint density at radius 3 is 1.60 bits per heavy atom. The Bertz CT molecular complexity index is 5450. The Balaban J connectivity index is 1.04. The molecule has 0 saturated carbocycles. The summed E-state index contributed by atoms with van der Waals surface area (Å²) in [6.07, 6.45) is 0. The number of fused-ring (bicyclic) bond motifs is 32. The highest BCUT2D eigenvalue weighted by Gasteiger charge is 2.26. The summed E-state index contributed by atoms with van der Waals surface area (Å²) in [4.78, 5) is 11.2. The lowest BCUT2D eigenvalue weighted by atomic mass is 9.94. The molecule has 8 heterocycles. The molecule has 0 aliphatic carbocycles. The topological polar surface area (TPSA) is 34.6 Å². The van der Waals surface area contributed by atoms with Crippen molar-refractivity contribution in [3.63, 3.8) is 0 Å². The molecule has 10 aromatic carbocycles. The highest BCUT2D eigenvalue weighted by atomic mass is 32.1. The zero-order valence-corrected chi connectivity index (χ0v) is 40.0. The number of imidazole rings is 2. The minimum absolute atomic E-state index is 0.989. The maximum Gasteiger partial charge on any atom is 0.147 e. The molecule has 70 heavy (non-hydrogen) atoms. The highest BCUT2D eigenvalue weighted by Crippen LogP contribution is 2.51. The second-order valence-electron chi connectivity index (χ2n) is 18.7. The molecule has 0 fully saturated rings. The molecule has 0 atom stereocenters. The second-order valence-corrected chi connectivity index (χ2v) is 23.0. The molecule has 0 amide bonds. The molecule has 8 aromatic heterocycles. The van der Waals surface area contributed by atoms with Gasteiger partial charge in [-0.3, -0.25) is 8.80 Å². The van der Waals surface area contributed by atoms with Crippen LogP contribution in [0.1, 0.15) is 0 Å². The van der Waals surface area contributed by atoms with Gasteiger partial charge in [0.15, 0.2) is 0 Å². The summed E-state index contributed by atoms with van der Waals surface area (Å²) < 4.78 is 15.3. The van der Waals surface area contributed by atoms with E-state index in [2.05, 4.69) is 191 Å². The lowest BCUT2D eigenvalue weighted by molar-refractivity contribution is 1.33. The first-order valence-corrected chi connectivity index (χ1v) is 26.8. The van der Waals surface area contributed by atoms with Crippen molar-refractivity contribution in [2.24, 2.45) is 0 Å². The van der Waals surface area contributed by atoms with Crippen molar-refractivity contribution >= 4 is 203 Å². The van der Waals surface area contributed by atoms with E-state index in [9.17, 15) is 0 Å². The number of pyridine rings is 2. The molecule has 0 N–H and O–H groups in total. The molecule has 18 aromatic rings. The number of benzene rings is 10. The summed E-state index contributed by atoms with van der Waals surface area (Å²) >= 11 is 7.53. The van der Waals surface area contributed by atoms with Crippen LogP contribution in [0.2, 0.25) is 0 Å². The average molecular weight is 959 g/mol. The quantitative estimate of drug-likeness (QED) is 0.154. The number of rotatable bonds is 1. The van der Waals surface area contributed by atoms with Crippen molar-refractivity contribution < 1.29 is 0 Å². The fourth-order valence-electron chi connectivity index (χ4n) is 12.4. The van der Waals surface area contributed by atoms with Crippen LogP contribution in [0.15, 0.2) is 182 Å². The second kappa shape index (κ2) is 13.0. The minimum atomic E-state index is 0.989. The van der Waals surface area contributed by atoms with Crippen LogP contribution < -0.4 is 0 Å². The Morgan fingerprint density at radius 1 is 0.300 bits per heavy atom. The Kier molecular flexibility index (Phi) is 6.87. The van der Waals surface area contributed by atoms with Crippen molar-refractivity contribution in [1.82, 2.24) is 18.8 Å². The smallest absolute Gasteiger partial charge is 0.147 e. The molecular weight excluding hydrogens is 929 g/mol. The third-order valence-electron chi connectivity index (χ3n) is 15.2. The van der Waals surface area contributed by atoms with Gasteiger partial charge in [0.1, 0.15) is 11.3 Å². The van der Waals surface area contributed by atoms with Gasteiger partial charge in [0.05, 0.1) is 37.8 Å². The predicted octanol–water partition coefficient (Wildman–Crippen LogP) is 19.0. The van der Waals surface area contributed by atoms with Gasteiger partial charge in [-0.25, -0.2) is 9.97 Å². The van der Waals surface area contributed by atoms with E-state index >= 15 is 0 Å². The molecule has 8 heteroatoms. The largest absolute Gasteiger partial charge is 0.291 e. The lowest BCUT2D eigenvalue weighted by Gasteiger charge is -2.15. The number of aromatic nitrogens is 4. The molecule has 0 spiro atoms. The van der Waals surface area contributed by atoms with E-state index in [1.54, 1.807) is 0 Å². The maximum absolute atomic E-state index is 5.68. The van der Waals surface area contributed by atoms with Crippen molar-refractivity contribution in [2.45, 2.75) is 0 Å². The summed E-state index contributed by atoms with van der Waals surface area (Å²) in [7, 11) is 0. The van der Waals surface area contributed by atoms with Crippen molar-refractivity contribution in [3.8, 4) is 11.1 Å². The summed E-state index contributed by atoms with van der Waals surface area (Å²) in [5, 5.41) is 17.6. The highest BCUT2D eigenvalue weighted by molar-refractivity contribution is 7.27. The summed E-state index contributed by atoms with van der Waals surface area (Å²) in [5.74, 6) is 0. The van der Waals surface area contributed by atoms with E-state index in [1.807, 2.05) is 45.3 Å². The van der Waals surface area contributed by atoms with E-state index in [0.29, 0.717) is 0 Å². The molecule has 0 bridgehead atoms. The zero-order valence-electron chi connectivity index (χ0n) is 36.7. The molecule has 0 saturated heterocycles. The van der Waals surface area contributed by atoms with Crippen LogP contribution >= 0.6 is 45.3 Å². The van der Waals surface area contributed by atoms with Crippen LogP contribution in [0.25, 0.3) is 169 Å². The van der Waals surface area contributed by atoms with Gasteiger partial charge in [0.2, 0.25) is 0 Å². The lowest BCUT2D eigenvalue weighted by Crippen LogP contribution is -1.94. The van der Waals surface area contributed by atoms with E-state index < -0.39 is 0 Å². The predicted molar refractivity (Wildman–Crippen MR) is 306 cm³/mol. The standard InChI is InChI=1S/C62H30N4S4/c1-7-17-46-32(11-1)36-23-22-34-33-24-27-50-52(37-12-2-8-18-47(37)67-50)55(33)61-64-43-26-21-31(29-45(43)66(61)58(34)60(36)70-46)40-30-41-35-25-28-51-53(38-13-3-9-19-48(38)68-51)57(35)65-44-16-6-5-15-42(44)63-62(65)56(41)54-39-14-4-10-20-49(39)69-59(40)54/h1-30H. The van der Waals surface area contributed by atoms with Gasteiger partial charge >= 0.3 is 0 Å². The first-order valence-electron chi connectivity index (χ1n) is 23.6. The van der Waals surface area contributed by atoms with Gasteiger partial charge in [-0.15, -0.1) is 45.3 Å². The van der Waals surface area contributed by atoms with Crippen LogP contribution in [0, 0.1) is 0 Å². The van der Waals surface area contributed by atoms with Crippen LogP contribution in [0.5, 0.6) is 0 Å². The average Bonchev–Trinajstić information content (AvgIpc) is 4.27. The fraction of sp³-hybridized carbons (Fsp3) is 0. The van der Waals surface area contributed by atoms with Crippen LogP contribution in [-0.4, -0.2) is 18.8 Å². The van der Waals surface area contributed by atoms with E-state index in [4.69, 9.17) is 9.97 Å². The normalized spacial score (nSPS) is 12.9. The SMILES string of the molecule is c1ccc2c(c1)nc1c3c(cc(-c4ccc5nc6c7c(ccc8sc9ccccc9c87)c7ccc8c9ccccc9sc8c7n6c5c4)c4sc5ccccc5c43)c3ccc4sc5ccccc5c4c3n21. The number of para-hydroxylation sites is 2. The number of hydrogen-bond donors (Lipinski definition) is 0. The van der Waals surface area contributed by atoms with E-state index in [0.717, 1.165) is 33.4 Å². The maximum atomic E-state index is 5.68. The minimum Gasteiger partial charge on any atom is -0.291 e. The van der Waals surface area contributed by atoms with Crippen molar-refractivity contribution in [1.29, 1.82) is 0 Å². The Hall–Kier alpha value is -7.98. The van der Waals surface area contributed by atoms with E-state index in [-0.39, 0.29) is 0 Å². The van der Waals surface area contributed by atoms with Gasteiger partial charge in [0, 0.05) is 103 Å². The molecule has 0 aliphatic heterocycles. The summed E-state index contributed by atoms with van der Waals surface area (Å²) in [6, 6.07) is 67.9. The molecule has 0 radical (unpaired) electrons. The van der Waals surface area contributed by atoms with Gasteiger partial charge in [-0.05, 0) is 83.1 Å². The molecular formula is C62H30N4S4. The van der Waals surface area contributed by atoms with Crippen molar-refractivity contribution in [2.75, 3.05) is 0 Å². The van der Waals surface area contributed by atoms with Gasteiger partial charge in [0.25, 0.3) is 0 Å². The third kappa shape index (κ3) is 4.52. The molecule has 18 rings (SSSR count). The molecule has 0 unspecified atom stereocenters. The first-order chi connectivity index (χ1) is 34.7. The van der Waals surface area contributed by atoms with Gasteiger partial charge in [-0.1, -0.05) is 115 Å². The molecule has 4 nitrogen and oxygen atoms in total. The number of nitrogens with zero attached hydrogens (tertiary/aromatic N) is 4. The number of thiophene rings is 4. The monoisotopic (exact) mass is 958 g/mol. The number of hydrogen-bond acceptors (Lipinski definition) is 6. The van der Waals surface area contributed by atoms with Crippen LogP contribution in [0.4, 0.5) is 0 Å². The van der Waals surface area contributed by atoms with E-state index in [1.165, 1.54) is 135 Å². The first kappa shape index (κ1) is 37.0. The molecule has 0 aliphatic rings. The Morgan fingerprint density at radius 2 is 0.829 bits per heavy atom.